The van der Waals surface area contributed by atoms with Crippen LogP contribution in [0.2, 0.25) is 0 Å². The van der Waals surface area contributed by atoms with Gasteiger partial charge in [-0.3, -0.25) is 4.79 Å². The summed E-state index contributed by atoms with van der Waals surface area (Å²) in [7, 11) is -3.78. The van der Waals surface area contributed by atoms with E-state index >= 15 is 0 Å². The van der Waals surface area contributed by atoms with Gasteiger partial charge < -0.3 is 9.88 Å². The Morgan fingerprint density at radius 3 is 2.70 bits per heavy atom. The Bertz CT molecular complexity index is 808. The minimum absolute atomic E-state index is 0.00207. The van der Waals surface area contributed by atoms with Crippen LogP contribution in [0.15, 0.2) is 22.7 Å². The van der Waals surface area contributed by atoms with Gasteiger partial charge in [-0.1, -0.05) is 6.92 Å². The first-order chi connectivity index (χ1) is 10.7. The maximum Gasteiger partial charge on any atom is 0.261 e. The number of hydrogen-bond donors (Lipinski definition) is 2. The molecule has 0 aromatic carbocycles. The third-order valence-corrected chi connectivity index (χ3v) is 6.08. The zero-order chi connectivity index (χ0) is 17.2. The fourth-order valence-corrected chi connectivity index (χ4v) is 4.04. The number of thiophene rings is 1. The predicted molar refractivity (Wildman–Crippen MR) is 88.9 cm³/mol. The molecule has 1 amide bonds. The van der Waals surface area contributed by atoms with E-state index in [-0.39, 0.29) is 16.0 Å². The van der Waals surface area contributed by atoms with Gasteiger partial charge in [0.25, 0.3) is 5.91 Å². The minimum atomic E-state index is -3.78. The third-order valence-electron chi connectivity index (χ3n) is 3.42. The van der Waals surface area contributed by atoms with Crippen molar-refractivity contribution in [1.82, 2.24) is 14.9 Å². The van der Waals surface area contributed by atoms with Crippen LogP contribution in [-0.2, 0) is 16.6 Å². The molecule has 2 aromatic heterocycles. The summed E-state index contributed by atoms with van der Waals surface area (Å²) in [6.07, 6.45) is 3.64. The number of rotatable bonds is 6. The Morgan fingerprint density at radius 2 is 2.17 bits per heavy atom. The van der Waals surface area contributed by atoms with Crippen LogP contribution in [0.4, 0.5) is 0 Å². The van der Waals surface area contributed by atoms with Gasteiger partial charge in [-0.25, -0.2) is 18.5 Å². The van der Waals surface area contributed by atoms with Crippen LogP contribution in [0.3, 0.4) is 0 Å². The van der Waals surface area contributed by atoms with Gasteiger partial charge in [0.15, 0.2) is 0 Å². The highest BCUT2D eigenvalue weighted by atomic mass is 32.2. The van der Waals surface area contributed by atoms with E-state index in [4.69, 9.17) is 5.14 Å². The second kappa shape index (κ2) is 6.81. The fourth-order valence-electron chi connectivity index (χ4n) is 2.16. The highest BCUT2D eigenvalue weighted by Gasteiger charge is 2.19. The van der Waals surface area contributed by atoms with Gasteiger partial charge in [0.2, 0.25) is 10.0 Å². The number of nitrogens with one attached hydrogen (secondary N) is 1. The molecule has 3 N–H and O–H groups in total. The lowest BCUT2D eigenvalue weighted by Gasteiger charge is -2.14. The summed E-state index contributed by atoms with van der Waals surface area (Å²) in [5.41, 5.74) is 0.606. The van der Waals surface area contributed by atoms with E-state index in [0.717, 1.165) is 23.7 Å². The molecule has 0 radical (unpaired) electrons. The number of aryl methyl sites for hydroxylation is 2. The van der Waals surface area contributed by atoms with Crippen molar-refractivity contribution in [3.05, 3.63) is 34.7 Å². The summed E-state index contributed by atoms with van der Waals surface area (Å²) in [6, 6.07) is 1.42. The molecule has 0 aliphatic carbocycles. The van der Waals surface area contributed by atoms with Crippen molar-refractivity contribution >= 4 is 27.3 Å². The molecular weight excluding hydrogens is 336 g/mol. The van der Waals surface area contributed by atoms with Crippen LogP contribution in [0.1, 0.15) is 28.0 Å². The van der Waals surface area contributed by atoms with Gasteiger partial charge in [0.05, 0.1) is 4.88 Å². The number of sulfonamides is 1. The Balaban J connectivity index is 1.97. The molecule has 7 nitrogen and oxygen atoms in total. The largest absolute Gasteiger partial charge is 0.351 e. The summed E-state index contributed by atoms with van der Waals surface area (Å²) in [4.78, 5) is 16.8. The van der Waals surface area contributed by atoms with Crippen molar-refractivity contribution in [3.63, 3.8) is 0 Å². The van der Waals surface area contributed by atoms with E-state index < -0.39 is 10.0 Å². The lowest BCUT2D eigenvalue weighted by Crippen LogP contribution is -2.29. The normalized spacial score (nSPS) is 13.0. The first-order valence-electron chi connectivity index (χ1n) is 7.07. The van der Waals surface area contributed by atoms with E-state index in [9.17, 15) is 13.2 Å². The monoisotopic (exact) mass is 356 g/mol. The minimum Gasteiger partial charge on any atom is -0.351 e. The number of aromatic nitrogens is 2. The van der Waals surface area contributed by atoms with Crippen molar-refractivity contribution < 1.29 is 13.2 Å². The van der Waals surface area contributed by atoms with Crippen molar-refractivity contribution in [2.75, 3.05) is 6.54 Å². The number of primary sulfonamides is 1. The quantitative estimate of drug-likeness (QED) is 0.813. The maximum absolute atomic E-state index is 12.2. The molecular formula is C14H20N4O3S2. The lowest BCUT2D eigenvalue weighted by atomic mass is 10.1. The summed E-state index contributed by atoms with van der Waals surface area (Å²) in [6.45, 7) is 6.88. The van der Waals surface area contributed by atoms with E-state index in [1.54, 1.807) is 13.1 Å². The molecule has 1 unspecified atom stereocenters. The fraction of sp³-hybridized carbons (Fsp3) is 0.429. The lowest BCUT2D eigenvalue weighted by molar-refractivity contribution is 0.0950. The average Bonchev–Trinajstić information content (AvgIpc) is 3.02. The number of carbonyl (C=O) groups is 1. The molecule has 2 heterocycles. The van der Waals surface area contributed by atoms with Gasteiger partial charge in [0.1, 0.15) is 10.0 Å². The number of carbonyl (C=O) groups excluding carboxylic acids is 1. The molecule has 0 aliphatic rings. The molecule has 2 aromatic rings. The van der Waals surface area contributed by atoms with E-state index in [1.807, 2.05) is 24.6 Å². The van der Waals surface area contributed by atoms with Gasteiger partial charge in [-0.2, -0.15) is 0 Å². The van der Waals surface area contributed by atoms with E-state index in [1.165, 1.54) is 6.07 Å². The molecule has 0 aliphatic heterocycles. The summed E-state index contributed by atoms with van der Waals surface area (Å²) in [5.74, 6) is 0.858. The Kier molecular flexibility index (Phi) is 5.23. The summed E-state index contributed by atoms with van der Waals surface area (Å²) < 4.78 is 24.7. The van der Waals surface area contributed by atoms with Gasteiger partial charge in [0, 0.05) is 25.5 Å². The SMILES string of the molecule is Cc1cc(S(N)(=O)=O)sc1C(=O)NCC(C)Cn1ccnc1C. The molecule has 0 fully saturated rings. The molecule has 0 spiro atoms. The third kappa shape index (κ3) is 4.40. The van der Waals surface area contributed by atoms with Gasteiger partial charge in [-0.05, 0) is 31.4 Å². The number of hydrogen-bond acceptors (Lipinski definition) is 5. The zero-order valence-electron chi connectivity index (χ0n) is 13.2. The zero-order valence-corrected chi connectivity index (χ0v) is 14.9. The standard InChI is InChI=1S/C14H20N4O3S2/c1-9(8-18-5-4-16-11(18)3)7-17-14(19)13-10(2)6-12(22-13)23(15,20)21/h4-6,9H,7-8H2,1-3H3,(H,17,19)(H2,15,20,21). The summed E-state index contributed by atoms with van der Waals surface area (Å²) in [5, 5.41) is 7.93. The topological polar surface area (TPSA) is 107 Å². The molecule has 0 saturated carbocycles. The van der Waals surface area contributed by atoms with Gasteiger partial charge >= 0.3 is 0 Å². The second-order valence-corrected chi connectivity index (χ2v) is 8.41. The molecule has 23 heavy (non-hydrogen) atoms. The average molecular weight is 356 g/mol. The van der Waals surface area contributed by atoms with Crippen LogP contribution in [0, 0.1) is 19.8 Å². The molecule has 0 bridgehead atoms. The predicted octanol–water partition coefficient (Wildman–Crippen LogP) is 1.27. The molecule has 2 rings (SSSR count). The first kappa shape index (κ1) is 17.6. The number of imidazole rings is 1. The number of amides is 1. The van der Waals surface area contributed by atoms with Crippen molar-refractivity contribution in [2.24, 2.45) is 11.1 Å². The van der Waals surface area contributed by atoms with Crippen LogP contribution in [0.25, 0.3) is 0 Å². The Hall–Kier alpha value is -1.71. The first-order valence-corrected chi connectivity index (χ1v) is 9.44. The highest BCUT2D eigenvalue weighted by molar-refractivity contribution is 7.91. The van der Waals surface area contributed by atoms with Crippen molar-refractivity contribution in [1.29, 1.82) is 0 Å². The van der Waals surface area contributed by atoms with E-state index in [0.29, 0.717) is 17.0 Å². The van der Waals surface area contributed by atoms with Crippen LogP contribution >= 0.6 is 11.3 Å². The van der Waals surface area contributed by atoms with Gasteiger partial charge in [-0.15, -0.1) is 11.3 Å². The smallest absolute Gasteiger partial charge is 0.261 e. The van der Waals surface area contributed by atoms with Crippen LogP contribution in [-0.4, -0.2) is 30.4 Å². The highest BCUT2D eigenvalue weighted by Crippen LogP contribution is 2.24. The molecule has 1 atom stereocenters. The Morgan fingerprint density at radius 1 is 1.48 bits per heavy atom. The Labute approximate surface area is 139 Å². The second-order valence-electron chi connectivity index (χ2n) is 5.56. The van der Waals surface area contributed by atoms with Crippen molar-refractivity contribution in [3.8, 4) is 0 Å². The molecule has 126 valence electrons. The number of nitrogens with two attached hydrogens (primary N) is 1. The van der Waals surface area contributed by atoms with E-state index in [2.05, 4.69) is 10.3 Å². The van der Waals surface area contributed by atoms with Crippen molar-refractivity contribution in [2.45, 2.75) is 31.5 Å². The summed E-state index contributed by atoms with van der Waals surface area (Å²) >= 11 is 0.894. The molecule has 9 heteroatoms. The van der Waals surface area contributed by atoms with Crippen LogP contribution in [0.5, 0.6) is 0 Å². The number of nitrogens with zero attached hydrogens (tertiary/aromatic N) is 2. The maximum atomic E-state index is 12.2. The van der Waals surface area contributed by atoms with Crippen LogP contribution < -0.4 is 10.5 Å². The molecule has 0 saturated heterocycles.